The van der Waals surface area contributed by atoms with Crippen LogP contribution in [0.4, 0.5) is 5.69 Å². The molecular weight excluding hydrogens is 581 g/mol. The monoisotopic (exact) mass is 609 g/mol. The van der Waals surface area contributed by atoms with Crippen LogP contribution in [-0.2, 0) is 26.2 Å². The highest BCUT2D eigenvalue weighted by atomic mass is 35.5. The summed E-state index contributed by atoms with van der Waals surface area (Å²) in [7, 11) is -4.18. The van der Waals surface area contributed by atoms with Crippen LogP contribution in [-0.4, -0.2) is 44.3 Å². The Bertz CT molecular complexity index is 1380. The molecule has 208 valence electrons. The smallest absolute Gasteiger partial charge is 0.264 e. The molecule has 1 atom stereocenters. The molecule has 11 heteroatoms. The largest absolute Gasteiger partial charge is 0.354 e. The predicted octanol–water partition coefficient (Wildman–Crippen LogP) is 6.18. The van der Waals surface area contributed by atoms with Crippen molar-refractivity contribution >= 4 is 62.3 Å². The van der Waals surface area contributed by atoms with Crippen LogP contribution in [0.3, 0.4) is 0 Å². The molecule has 0 unspecified atom stereocenters. The molecule has 0 aromatic heterocycles. The number of halogens is 3. The molecule has 3 aromatic rings. The van der Waals surface area contributed by atoms with E-state index in [9.17, 15) is 18.0 Å². The van der Waals surface area contributed by atoms with Gasteiger partial charge in [-0.3, -0.25) is 13.9 Å². The van der Waals surface area contributed by atoms with E-state index in [0.717, 1.165) is 4.31 Å². The Balaban J connectivity index is 2.08. The number of amides is 2. The van der Waals surface area contributed by atoms with E-state index in [0.29, 0.717) is 33.6 Å². The fraction of sp³-hybridized carbons (Fsp3) is 0.286. The van der Waals surface area contributed by atoms with E-state index in [1.807, 2.05) is 6.92 Å². The molecule has 0 saturated carbocycles. The molecule has 0 aliphatic carbocycles. The summed E-state index contributed by atoms with van der Waals surface area (Å²) in [4.78, 5) is 28.5. The summed E-state index contributed by atoms with van der Waals surface area (Å²) in [6.07, 6.45) is 0.996. The first kappa shape index (κ1) is 30.8. The van der Waals surface area contributed by atoms with Gasteiger partial charge in [-0.2, -0.15) is 0 Å². The van der Waals surface area contributed by atoms with Gasteiger partial charge in [0.15, 0.2) is 0 Å². The quantitative estimate of drug-likeness (QED) is 0.266. The second kappa shape index (κ2) is 14.0. The van der Waals surface area contributed by atoms with Crippen molar-refractivity contribution in [3.63, 3.8) is 0 Å². The van der Waals surface area contributed by atoms with E-state index in [4.69, 9.17) is 34.8 Å². The second-order valence-corrected chi connectivity index (χ2v) is 11.9. The zero-order valence-corrected chi connectivity index (χ0v) is 24.7. The minimum absolute atomic E-state index is 0.00574. The van der Waals surface area contributed by atoms with Gasteiger partial charge in [-0.25, -0.2) is 8.42 Å². The second-order valence-electron chi connectivity index (χ2n) is 8.74. The third kappa shape index (κ3) is 7.66. The third-order valence-corrected chi connectivity index (χ3v) is 8.76. The highest BCUT2D eigenvalue weighted by Crippen LogP contribution is 2.29. The molecule has 0 spiro atoms. The van der Waals surface area contributed by atoms with Crippen LogP contribution < -0.4 is 9.62 Å². The lowest BCUT2D eigenvalue weighted by molar-refractivity contribution is -0.140. The van der Waals surface area contributed by atoms with Gasteiger partial charge in [0.2, 0.25) is 11.8 Å². The number of hydrogen-bond acceptors (Lipinski definition) is 4. The molecule has 0 aliphatic heterocycles. The van der Waals surface area contributed by atoms with Crippen LogP contribution in [0.25, 0.3) is 0 Å². The van der Waals surface area contributed by atoms with Gasteiger partial charge in [-0.05, 0) is 55.3 Å². The number of benzene rings is 3. The van der Waals surface area contributed by atoms with Gasteiger partial charge >= 0.3 is 0 Å². The summed E-state index contributed by atoms with van der Waals surface area (Å²) in [6.45, 7) is 3.45. The maximum Gasteiger partial charge on any atom is 0.264 e. The standard InChI is InChI=1S/C28H30Cl3N3O4S/c1-3-16-32-28(36)26(4-2)33(18-23-24(30)14-9-15-25(23)31)27(35)19-34(21-11-8-10-20(29)17-21)39(37,38)22-12-6-5-7-13-22/h5-15,17,26H,3-4,16,18-19H2,1-2H3,(H,32,36)/t26-/m1/s1. The zero-order valence-electron chi connectivity index (χ0n) is 21.6. The molecule has 0 saturated heterocycles. The first-order valence-corrected chi connectivity index (χ1v) is 15.0. The van der Waals surface area contributed by atoms with Crippen molar-refractivity contribution < 1.29 is 18.0 Å². The maximum atomic E-state index is 14.0. The lowest BCUT2D eigenvalue weighted by Gasteiger charge is -2.33. The number of rotatable bonds is 12. The van der Waals surface area contributed by atoms with Gasteiger partial charge in [0.1, 0.15) is 12.6 Å². The van der Waals surface area contributed by atoms with Crippen molar-refractivity contribution in [2.24, 2.45) is 0 Å². The van der Waals surface area contributed by atoms with Gasteiger partial charge < -0.3 is 10.2 Å². The van der Waals surface area contributed by atoms with E-state index in [-0.39, 0.29) is 29.5 Å². The number of sulfonamides is 1. The lowest BCUT2D eigenvalue weighted by Crippen LogP contribution is -2.52. The Kier molecular flexibility index (Phi) is 11.1. The summed E-state index contributed by atoms with van der Waals surface area (Å²) in [5, 5.41) is 3.79. The molecule has 0 fully saturated rings. The highest BCUT2D eigenvalue weighted by molar-refractivity contribution is 7.92. The Morgan fingerprint density at radius 3 is 2.13 bits per heavy atom. The minimum Gasteiger partial charge on any atom is -0.354 e. The molecule has 2 amide bonds. The van der Waals surface area contributed by atoms with Gasteiger partial charge in [0.25, 0.3) is 10.0 Å². The van der Waals surface area contributed by atoms with Gasteiger partial charge in [-0.1, -0.05) is 79.0 Å². The van der Waals surface area contributed by atoms with Crippen molar-refractivity contribution in [2.45, 2.75) is 44.2 Å². The average molecular weight is 611 g/mol. The summed E-state index contributed by atoms with van der Waals surface area (Å²) in [6, 6.07) is 18.1. The van der Waals surface area contributed by atoms with Gasteiger partial charge in [-0.15, -0.1) is 0 Å². The average Bonchev–Trinajstić information content (AvgIpc) is 2.92. The Morgan fingerprint density at radius 2 is 1.54 bits per heavy atom. The van der Waals surface area contributed by atoms with E-state index in [1.54, 1.807) is 61.5 Å². The molecule has 0 radical (unpaired) electrons. The van der Waals surface area contributed by atoms with Crippen molar-refractivity contribution in [2.75, 3.05) is 17.4 Å². The van der Waals surface area contributed by atoms with Gasteiger partial charge in [0.05, 0.1) is 10.6 Å². The number of anilines is 1. The molecule has 7 nitrogen and oxygen atoms in total. The van der Waals surface area contributed by atoms with Crippen molar-refractivity contribution in [1.29, 1.82) is 0 Å². The van der Waals surface area contributed by atoms with E-state index in [2.05, 4.69) is 5.32 Å². The van der Waals surface area contributed by atoms with E-state index >= 15 is 0 Å². The fourth-order valence-corrected chi connectivity index (χ4v) is 6.15. The SMILES string of the molecule is CCCNC(=O)[C@@H](CC)N(Cc1c(Cl)cccc1Cl)C(=O)CN(c1cccc(Cl)c1)S(=O)(=O)c1ccccc1. The predicted molar refractivity (Wildman–Crippen MR) is 157 cm³/mol. The molecule has 1 N–H and O–H groups in total. The first-order chi connectivity index (χ1) is 18.6. The van der Waals surface area contributed by atoms with Crippen LogP contribution in [0.2, 0.25) is 15.1 Å². The normalized spacial score (nSPS) is 12.0. The van der Waals surface area contributed by atoms with Crippen LogP contribution in [0, 0.1) is 0 Å². The van der Waals surface area contributed by atoms with E-state index < -0.39 is 28.5 Å². The Morgan fingerprint density at radius 1 is 0.897 bits per heavy atom. The number of hydrogen-bond donors (Lipinski definition) is 1. The molecule has 0 bridgehead atoms. The number of carbonyl (C=O) groups is 2. The Hall–Kier alpha value is -2.78. The third-order valence-electron chi connectivity index (χ3n) is 6.03. The minimum atomic E-state index is -4.18. The fourth-order valence-electron chi connectivity index (χ4n) is 4.02. The summed E-state index contributed by atoms with van der Waals surface area (Å²) in [5.41, 5.74) is 0.662. The van der Waals surface area contributed by atoms with Crippen LogP contribution >= 0.6 is 34.8 Å². The number of carbonyl (C=O) groups excluding carboxylic acids is 2. The summed E-state index contributed by atoms with van der Waals surface area (Å²) in [5.74, 6) is -0.958. The Labute approximate surface area is 244 Å². The van der Waals surface area contributed by atoms with Crippen LogP contribution in [0.1, 0.15) is 32.3 Å². The van der Waals surface area contributed by atoms with Crippen LogP contribution in [0.15, 0.2) is 77.7 Å². The molecule has 3 aromatic carbocycles. The number of nitrogens with zero attached hydrogens (tertiary/aromatic N) is 2. The molecule has 39 heavy (non-hydrogen) atoms. The zero-order chi connectivity index (χ0) is 28.6. The summed E-state index contributed by atoms with van der Waals surface area (Å²) < 4.78 is 28.5. The molecule has 3 rings (SSSR count). The summed E-state index contributed by atoms with van der Waals surface area (Å²) >= 11 is 19.0. The van der Waals surface area contributed by atoms with E-state index in [1.165, 1.54) is 23.1 Å². The maximum absolute atomic E-state index is 14.0. The van der Waals surface area contributed by atoms with Crippen molar-refractivity contribution in [3.8, 4) is 0 Å². The highest BCUT2D eigenvalue weighted by Gasteiger charge is 2.34. The van der Waals surface area contributed by atoms with Crippen molar-refractivity contribution in [1.82, 2.24) is 10.2 Å². The van der Waals surface area contributed by atoms with Gasteiger partial charge in [0, 0.05) is 33.7 Å². The topological polar surface area (TPSA) is 86.8 Å². The number of nitrogens with one attached hydrogen (secondary N) is 1. The molecular formula is C28H30Cl3N3O4S. The first-order valence-electron chi connectivity index (χ1n) is 12.4. The lowest BCUT2D eigenvalue weighted by atomic mass is 10.1. The molecule has 0 aliphatic rings. The van der Waals surface area contributed by atoms with Crippen LogP contribution in [0.5, 0.6) is 0 Å². The molecule has 0 heterocycles. The van der Waals surface area contributed by atoms with Crippen molar-refractivity contribution in [3.05, 3.63) is 93.4 Å².